The molecule has 2 aliphatic heterocycles. The van der Waals surface area contributed by atoms with Crippen molar-refractivity contribution < 1.29 is 22.7 Å². The van der Waals surface area contributed by atoms with Crippen molar-refractivity contribution in [3.05, 3.63) is 42.0 Å². The Labute approximate surface area is 168 Å². The summed E-state index contributed by atoms with van der Waals surface area (Å²) in [5.41, 5.74) is 1.40. The molecule has 148 valence electrons. The molecule has 0 aliphatic carbocycles. The van der Waals surface area contributed by atoms with Gasteiger partial charge < -0.3 is 14.4 Å². The van der Waals surface area contributed by atoms with E-state index in [0.717, 1.165) is 10.5 Å². The molecular formula is C19H20N2O5S2. The van der Waals surface area contributed by atoms with E-state index in [0.29, 0.717) is 23.7 Å². The number of thioether (sulfide) groups is 1. The Bertz CT molecular complexity index is 1040. The second-order valence-electron chi connectivity index (χ2n) is 6.70. The molecule has 0 aromatic heterocycles. The zero-order valence-corrected chi connectivity index (χ0v) is 17.1. The lowest BCUT2D eigenvalue weighted by Gasteiger charge is -2.32. The van der Waals surface area contributed by atoms with Crippen molar-refractivity contribution in [3.8, 4) is 11.5 Å². The smallest absolute Gasteiger partial charge is 0.240 e. The van der Waals surface area contributed by atoms with Crippen molar-refractivity contribution in [2.45, 2.75) is 35.4 Å². The highest BCUT2D eigenvalue weighted by Crippen LogP contribution is 2.39. The van der Waals surface area contributed by atoms with Crippen LogP contribution in [0.15, 0.2) is 46.2 Å². The topological polar surface area (TPSA) is 84.9 Å². The first-order chi connectivity index (χ1) is 13.3. The summed E-state index contributed by atoms with van der Waals surface area (Å²) in [4.78, 5) is 14.7. The number of fused-ring (bicyclic) bond motifs is 2. The molecule has 0 saturated heterocycles. The van der Waals surface area contributed by atoms with Crippen LogP contribution in [0, 0.1) is 0 Å². The van der Waals surface area contributed by atoms with Gasteiger partial charge in [-0.2, -0.15) is 0 Å². The Morgan fingerprint density at radius 3 is 2.79 bits per heavy atom. The van der Waals surface area contributed by atoms with Crippen LogP contribution < -0.4 is 19.1 Å². The average Bonchev–Trinajstić information content (AvgIpc) is 3.13. The van der Waals surface area contributed by atoms with E-state index in [-0.39, 0.29) is 29.4 Å². The highest BCUT2D eigenvalue weighted by Gasteiger charge is 2.27. The summed E-state index contributed by atoms with van der Waals surface area (Å²) in [6, 6.07) is 10.2. The molecular weight excluding hydrogens is 400 g/mol. The fourth-order valence-corrected chi connectivity index (χ4v) is 5.33. The molecule has 2 aliphatic rings. The summed E-state index contributed by atoms with van der Waals surface area (Å²) in [5.74, 6) is 1.15. The number of nitrogens with zero attached hydrogens (tertiary/aromatic N) is 1. The quantitative estimate of drug-likeness (QED) is 0.819. The van der Waals surface area contributed by atoms with Crippen LogP contribution in [-0.2, 0) is 21.4 Å². The number of nitrogens with one attached hydrogen (secondary N) is 1. The normalized spacial score (nSPS) is 18.1. The number of anilines is 1. The third-order valence-corrected chi connectivity index (χ3v) is 7.13. The predicted molar refractivity (Wildman–Crippen MR) is 106 cm³/mol. The van der Waals surface area contributed by atoms with Gasteiger partial charge in [-0.05, 0) is 35.9 Å². The van der Waals surface area contributed by atoms with Gasteiger partial charge in [-0.25, -0.2) is 13.1 Å². The monoisotopic (exact) mass is 420 g/mol. The van der Waals surface area contributed by atoms with Crippen LogP contribution in [0.1, 0.15) is 19.4 Å². The van der Waals surface area contributed by atoms with E-state index >= 15 is 0 Å². The fraction of sp³-hybridized carbons (Fsp3) is 0.316. The maximum atomic E-state index is 12.8. The molecule has 0 fully saturated rings. The third-order valence-electron chi connectivity index (χ3n) is 4.58. The van der Waals surface area contributed by atoms with E-state index in [1.54, 1.807) is 53.1 Å². The number of benzene rings is 2. The van der Waals surface area contributed by atoms with Crippen LogP contribution >= 0.6 is 11.8 Å². The Balaban J connectivity index is 1.56. The van der Waals surface area contributed by atoms with Gasteiger partial charge in [-0.3, -0.25) is 4.79 Å². The lowest BCUT2D eigenvalue weighted by atomic mass is 10.2. The van der Waals surface area contributed by atoms with E-state index < -0.39 is 10.0 Å². The Hall–Kier alpha value is -2.23. The number of carbonyl (C=O) groups excluding carboxylic acids is 1. The van der Waals surface area contributed by atoms with Gasteiger partial charge >= 0.3 is 0 Å². The number of hydrogen-bond donors (Lipinski definition) is 1. The molecule has 1 amide bonds. The standard InChI is InChI=1S/C19H20N2O5S2/c1-12-10-21(13(2)22)16-8-15(4-6-19(16)27-12)28(23,24)20-9-14-3-5-17-18(7-14)26-11-25-17/h3-8,12,20H,9-11H2,1-2H3. The summed E-state index contributed by atoms with van der Waals surface area (Å²) in [6.45, 7) is 4.38. The van der Waals surface area contributed by atoms with Crippen molar-refractivity contribution >= 4 is 33.4 Å². The zero-order chi connectivity index (χ0) is 19.9. The molecule has 7 nitrogen and oxygen atoms in total. The van der Waals surface area contributed by atoms with Gasteiger partial charge in [0.15, 0.2) is 11.5 Å². The van der Waals surface area contributed by atoms with Crippen LogP contribution in [-0.4, -0.2) is 32.9 Å². The molecule has 1 unspecified atom stereocenters. The van der Waals surface area contributed by atoms with Gasteiger partial charge in [0.05, 0.1) is 10.6 Å². The van der Waals surface area contributed by atoms with E-state index in [1.807, 2.05) is 6.92 Å². The van der Waals surface area contributed by atoms with Crippen LogP contribution in [0.4, 0.5) is 5.69 Å². The van der Waals surface area contributed by atoms with Gasteiger partial charge in [-0.1, -0.05) is 13.0 Å². The summed E-state index contributed by atoms with van der Waals surface area (Å²) in [5, 5.41) is 0.253. The lowest BCUT2D eigenvalue weighted by molar-refractivity contribution is -0.116. The SMILES string of the molecule is CC(=O)N1CC(C)Sc2ccc(S(=O)(=O)NCc3ccc4c(c3)OCO4)cc21. The van der Waals surface area contributed by atoms with Crippen molar-refractivity contribution in [1.29, 1.82) is 0 Å². The van der Waals surface area contributed by atoms with Gasteiger partial charge in [0.1, 0.15) is 0 Å². The van der Waals surface area contributed by atoms with E-state index in [2.05, 4.69) is 4.72 Å². The van der Waals surface area contributed by atoms with Crippen molar-refractivity contribution in [1.82, 2.24) is 4.72 Å². The summed E-state index contributed by atoms with van der Waals surface area (Å²) < 4.78 is 38.8. The summed E-state index contributed by atoms with van der Waals surface area (Å²) in [6.07, 6.45) is 0. The molecule has 1 N–H and O–H groups in total. The van der Waals surface area contributed by atoms with Crippen molar-refractivity contribution in [3.63, 3.8) is 0 Å². The average molecular weight is 421 g/mol. The minimum atomic E-state index is -3.74. The number of carbonyl (C=O) groups is 1. The van der Waals surface area contributed by atoms with E-state index in [9.17, 15) is 13.2 Å². The lowest BCUT2D eigenvalue weighted by Crippen LogP contribution is -2.37. The summed E-state index contributed by atoms with van der Waals surface area (Å²) >= 11 is 1.64. The maximum Gasteiger partial charge on any atom is 0.240 e. The molecule has 0 saturated carbocycles. The first-order valence-electron chi connectivity index (χ1n) is 8.80. The molecule has 0 spiro atoms. The van der Waals surface area contributed by atoms with Crippen LogP contribution in [0.3, 0.4) is 0 Å². The Morgan fingerprint density at radius 1 is 1.21 bits per heavy atom. The summed E-state index contributed by atoms with van der Waals surface area (Å²) in [7, 11) is -3.74. The molecule has 2 aromatic rings. The first kappa shape index (κ1) is 19.1. The fourth-order valence-electron chi connectivity index (χ4n) is 3.20. The van der Waals surface area contributed by atoms with Gasteiger partial charge in [0.2, 0.25) is 22.7 Å². The molecule has 28 heavy (non-hydrogen) atoms. The highest BCUT2D eigenvalue weighted by atomic mass is 32.2. The molecule has 0 bridgehead atoms. The molecule has 1 atom stereocenters. The second-order valence-corrected chi connectivity index (χ2v) is 9.95. The highest BCUT2D eigenvalue weighted by molar-refractivity contribution is 8.00. The number of rotatable bonds is 4. The Morgan fingerprint density at radius 2 is 2.00 bits per heavy atom. The third kappa shape index (κ3) is 3.69. The van der Waals surface area contributed by atoms with Crippen LogP contribution in [0.25, 0.3) is 0 Å². The van der Waals surface area contributed by atoms with Crippen LogP contribution in [0.5, 0.6) is 11.5 Å². The second kappa shape index (κ2) is 7.31. The van der Waals surface area contributed by atoms with Crippen LogP contribution in [0.2, 0.25) is 0 Å². The minimum Gasteiger partial charge on any atom is -0.454 e. The number of sulfonamides is 1. The van der Waals surface area contributed by atoms with Crippen molar-refractivity contribution in [2.24, 2.45) is 0 Å². The van der Waals surface area contributed by atoms with Gasteiger partial charge in [0, 0.05) is 30.2 Å². The first-order valence-corrected chi connectivity index (χ1v) is 11.2. The van der Waals surface area contributed by atoms with Gasteiger partial charge in [0.25, 0.3) is 0 Å². The largest absolute Gasteiger partial charge is 0.454 e. The predicted octanol–water partition coefficient (Wildman–Crippen LogP) is 2.74. The van der Waals surface area contributed by atoms with Gasteiger partial charge in [-0.15, -0.1) is 11.8 Å². The number of amides is 1. The number of ether oxygens (including phenoxy) is 2. The molecule has 2 aromatic carbocycles. The zero-order valence-electron chi connectivity index (χ0n) is 15.5. The van der Waals surface area contributed by atoms with E-state index in [4.69, 9.17) is 9.47 Å². The molecule has 0 radical (unpaired) electrons. The Kier molecular flexibility index (Phi) is 4.98. The van der Waals surface area contributed by atoms with E-state index in [1.165, 1.54) is 6.92 Å². The minimum absolute atomic E-state index is 0.101. The molecule has 4 rings (SSSR count). The molecule has 9 heteroatoms. The molecule has 2 heterocycles. The number of hydrogen-bond acceptors (Lipinski definition) is 6. The van der Waals surface area contributed by atoms with Crippen molar-refractivity contribution in [2.75, 3.05) is 18.2 Å². The maximum absolute atomic E-state index is 12.8.